The number of nitrogens with one attached hydrogen (secondary N) is 3. The number of hydrogen-bond acceptors (Lipinski definition) is 8. The van der Waals surface area contributed by atoms with E-state index in [0.717, 1.165) is 18.7 Å². The van der Waals surface area contributed by atoms with E-state index >= 15 is 0 Å². The van der Waals surface area contributed by atoms with Gasteiger partial charge in [-0.15, -0.1) is 0 Å². The highest BCUT2D eigenvalue weighted by atomic mass is 19.1. The van der Waals surface area contributed by atoms with Crippen molar-refractivity contribution in [2.75, 3.05) is 41.8 Å². The molecule has 4 aromatic rings. The third kappa shape index (κ3) is 4.35. The molecule has 1 aromatic carbocycles. The summed E-state index contributed by atoms with van der Waals surface area (Å²) in [6, 6.07) is 3.54. The first-order valence-electron chi connectivity index (χ1n) is 11.6. The van der Waals surface area contributed by atoms with Crippen LogP contribution in [0.1, 0.15) is 39.6 Å². The lowest BCUT2D eigenvalue weighted by Crippen LogP contribution is -2.37. The molecule has 0 aliphatic carbocycles. The summed E-state index contributed by atoms with van der Waals surface area (Å²) in [6.45, 7) is 11.3. The van der Waals surface area contributed by atoms with Gasteiger partial charge in [0.05, 0.1) is 42.8 Å². The molecule has 11 heteroatoms. The minimum Gasteiger partial charge on any atom is -0.380 e. The predicted octanol–water partition coefficient (Wildman–Crippen LogP) is 3.69. The maximum Gasteiger partial charge on any atom is 0.229 e. The van der Waals surface area contributed by atoms with E-state index in [0.29, 0.717) is 59.6 Å². The zero-order valence-electron chi connectivity index (χ0n) is 19.9. The summed E-state index contributed by atoms with van der Waals surface area (Å²) in [5, 5.41) is 6.49. The predicted molar refractivity (Wildman–Crippen MR) is 131 cm³/mol. The second-order valence-corrected chi connectivity index (χ2v) is 9.07. The van der Waals surface area contributed by atoms with Gasteiger partial charge in [-0.1, -0.05) is 0 Å². The highest BCUT2D eigenvalue weighted by Gasteiger charge is 2.20. The maximum absolute atomic E-state index is 14.4. The highest BCUT2D eigenvalue weighted by molar-refractivity contribution is 5.85. The molecule has 1 aliphatic rings. The van der Waals surface area contributed by atoms with Crippen LogP contribution in [0.15, 0.2) is 18.5 Å². The summed E-state index contributed by atoms with van der Waals surface area (Å²) in [5.41, 5.74) is 3.28. The van der Waals surface area contributed by atoms with E-state index in [1.807, 2.05) is 18.4 Å². The average Bonchev–Trinajstić information content (AvgIpc) is 3.41. The summed E-state index contributed by atoms with van der Waals surface area (Å²) in [7, 11) is 0. The highest BCUT2D eigenvalue weighted by Crippen LogP contribution is 2.26. The first-order chi connectivity index (χ1) is 16.4. The summed E-state index contributed by atoms with van der Waals surface area (Å²) in [5.74, 6) is 1.66. The van der Waals surface area contributed by atoms with Gasteiger partial charge in [-0.2, -0.15) is 9.97 Å². The monoisotopic (exact) mass is 467 g/mol. The summed E-state index contributed by atoms with van der Waals surface area (Å²) in [4.78, 5) is 24.1. The van der Waals surface area contributed by atoms with E-state index in [2.05, 4.69) is 44.3 Å². The van der Waals surface area contributed by atoms with Crippen LogP contribution in [0, 0.1) is 5.82 Å². The van der Waals surface area contributed by atoms with Gasteiger partial charge in [-0.05, 0) is 33.8 Å². The quantitative estimate of drug-likeness (QED) is 0.378. The fourth-order valence-corrected chi connectivity index (χ4v) is 4.07. The molecular weight excluding hydrogens is 437 g/mol. The van der Waals surface area contributed by atoms with Crippen molar-refractivity contribution in [3.8, 4) is 0 Å². The van der Waals surface area contributed by atoms with Gasteiger partial charge < -0.3 is 29.8 Å². The molecule has 34 heavy (non-hydrogen) atoms. The second kappa shape index (κ2) is 9.05. The normalized spacial score (nSPS) is 14.6. The number of rotatable bonds is 7. The molecule has 0 radical (unpaired) electrons. The van der Waals surface area contributed by atoms with Crippen molar-refractivity contribution >= 4 is 39.7 Å². The Morgan fingerprint density at radius 2 is 1.91 bits per heavy atom. The number of fused-ring (bicyclic) bond motifs is 2. The number of benzene rings is 1. The van der Waals surface area contributed by atoms with E-state index in [-0.39, 0.29) is 17.9 Å². The number of morpholine rings is 1. The van der Waals surface area contributed by atoms with E-state index < -0.39 is 0 Å². The Kier molecular flexibility index (Phi) is 5.94. The van der Waals surface area contributed by atoms with E-state index in [1.165, 1.54) is 6.07 Å². The SMILES string of the molecule is CC(C)Nc1cc2nc(CNc3nc(N4CCOCC4)nc4c3ncn4C(C)C)[nH]c2cc1F. The van der Waals surface area contributed by atoms with Crippen LogP contribution in [0.25, 0.3) is 22.2 Å². The standard InChI is InChI=1S/C23H30FN9O/c1-13(2)27-16-10-18-17(9-15(16)24)28-19(29-18)11-25-21-20-22(33(12-26-20)14(3)4)31-23(30-21)32-5-7-34-8-6-32/h9-10,12-14,27H,5-8,11H2,1-4H3,(H,28,29)(H,25,30,31). The van der Waals surface area contributed by atoms with Crippen molar-refractivity contribution in [2.45, 2.75) is 46.3 Å². The van der Waals surface area contributed by atoms with Gasteiger partial charge in [-0.3, -0.25) is 0 Å². The van der Waals surface area contributed by atoms with Crippen LogP contribution >= 0.6 is 0 Å². The molecule has 0 bridgehead atoms. The molecule has 1 saturated heterocycles. The summed E-state index contributed by atoms with van der Waals surface area (Å²) >= 11 is 0. The Morgan fingerprint density at radius 3 is 2.65 bits per heavy atom. The van der Waals surface area contributed by atoms with Gasteiger partial charge in [0.25, 0.3) is 0 Å². The number of halogens is 1. The van der Waals surface area contributed by atoms with Crippen molar-refractivity contribution in [2.24, 2.45) is 0 Å². The Hall–Kier alpha value is -3.47. The van der Waals surface area contributed by atoms with Crippen LogP contribution in [0.2, 0.25) is 0 Å². The number of H-pyrrole nitrogens is 1. The molecule has 0 saturated carbocycles. The van der Waals surface area contributed by atoms with Gasteiger partial charge in [-0.25, -0.2) is 14.4 Å². The number of aromatic nitrogens is 6. The van der Waals surface area contributed by atoms with Crippen molar-refractivity contribution in [3.63, 3.8) is 0 Å². The van der Waals surface area contributed by atoms with Crippen molar-refractivity contribution in [1.82, 2.24) is 29.5 Å². The molecule has 1 aliphatic heterocycles. The molecule has 180 valence electrons. The third-order valence-electron chi connectivity index (χ3n) is 5.75. The van der Waals surface area contributed by atoms with Crippen LogP contribution in [0.5, 0.6) is 0 Å². The molecule has 0 unspecified atom stereocenters. The molecule has 5 rings (SSSR count). The lowest BCUT2D eigenvalue weighted by atomic mass is 10.2. The molecule has 0 atom stereocenters. The van der Waals surface area contributed by atoms with E-state index in [4.69, 9.17) is 14.7 Å². The first-order valence-corrected chi connectivity index (χ1v) is 11.6. The largest absolute Gasteiger partial charge is 0.380 e. The smallest absolute Gasteiger partial charge is 0.229 e. The first kappa shape index (κ1) is 22.3. The zero-order valence-corrected chi connectivity index (χ0v) is 19.9. The van der Waals surface area contributed by atoms with Gasteiger partial charge in [0.1, 0.15) is 11.6 Å². The van der Waals surface area contributed by atoms with Crippen molar-refractivity contribution in [1.29, 1.82) is 0 Å². The van der Waals surface area contributed by atoms with Gasteiger partial charge >= 0.3 is 0 Å². The van der Waals surface area contributed by atoms with Crippen molar-refractivity contribution < 1.29 is 9.13 Å². The van der Waals surface area contributed by atoms with Gasteiger partial charge in [0.2, 0.25) is 5.95 Å². The molecule has 1 fully saturated rings. The minimum absolute atomic E-state index is 0.124. The Labute approximate surface area is 197 Å². The van der Waals surface area contributed by atoms with E-state index in [9.17, 15) is 4.39 Å². The summed E-state index contributed by atoms with van der Waals surface area (Å²) in [6.07, 6.45) is 1.80. The minimum atomic E-state index is -0.309. The zero-order chi connectivity index (χ0) is 23.8. The van der Waals surface area contributed by atoms with Crippen LogP contribution in [-0.2, 0) is 11.3 Å². The summed E-state index contributed by atoms with van der Waals surface area (Å²) < 4.78 is 22.0. The fourth-order valence-electron chi connectivity index (χ4n) is 4.07. The second-order valence-electron chi connectivity index (χ2n) is 9.07. The number of nitrogens with zero attached hydrogens (tertiary/aromatic N) is 6. The lowest BCUT2D eigenvalue weighted by molar-refractivity contribution is 0.122. The Balaban J connectivity index is 1.45. The molecule has 3 aromatic heterocycles. The molecular formula is C23H30FN9O. The Bertz CT molecular complexity index is 1310. The number of imidazole rings is 2. The molecule has 10 nitrogen and oxygen atoms in total. The van der Waals surface area contributed by atoms with Crippen LogP contribution in [0.3, 0.4) is 0 Å². The fraction of sp³-hybridized carbons (Fsp3) is 0.478. The molecule has 3 N–H and O–H groups in total. The van der Waals surface area contributed by atoms with Gasteiger partial charge in [0, 0.05) is 31.2 Å². The van der Waals surface area contributed by atoms with Crippen LogP contribution < -0.4 is 15.5 Å². The number of anilines is 3. The number of hydrogen-bond donors (Lipinski definition) is 3. The van der Waals surface area contributed by atoms with Crippen LogP contribution in [-0.4, -0.2) is 61.8 Å². The molecule has 4 heterocycles. The average molecular weight is 468 g/mol. The number of ether oxygens (including phenoxy) is 1. The third-order valence-corrected chi connectivity index (χ3v) is 5.75. The molecule has 0 amide bonds. The van der Waals surface area contributed by atoms with E-state index in [1.54, 1.807) is 12.4 Å². The maximum atomic E-state index is 14.4. The topological polar surface area (TPSA) is 109 Å². The number of aromatic amines is 1. The lowest BCUT2D eigenvalue weighted by Gasteiger charge is -2.27. The van der Waals surface area contributed by atoms with Gasteiger partial charge in [0.15, 0.2) is 17.0 Å². The molecule has 0 spiro atoms. The van der Waals surface area contributed by atoms with Crippen LogP contribution in [0.4, 0.5) is 21.8 Å². The Morgan fingerprint density at radius 1 is 1.12 bits per heavy atom. The van der Waals surface area contributed by atoms with Crippen molar-refractivity contribution in [3.05, 3.63) is 30.1 Å².